The van der Waals surface area contributed by atoms with Crippen molar-refractivity contribution in [2.75, 3.05) is 6.54 Å². The maximum Gasteiger partial charge on any atom is 0.407 e. The first-order valence-electron chi connectivity index (χ1n) is 6.70. The summed E-state index contributed by atoms with van der Waals surface area (Å²) in [5.41, 5.74) is 0.234. The minimum Gasteiger partial charge on any atom is -0.445 e. The summed E-state index contributed by atoms with van der Waals surface area (Å²) >= 11 is 0. The molecule has 0 heterocycles. The molecule has 0 aliphatic carbocycles. The second-order valence-electron chi connectivity index (χ2n) is 4.99. The molecule has 0 aromatic heterocycles. The third-order valence-corrected chi connectivity index (χ3v) is 2.93. The van der Waals surface area contributed by atoms with Crippen molar-refractivity contribution in [3.05, 3.63) is 35.9 Å². The molecule has 106 valence electrons. The average molecular weight is 265 g/mol. The van der Waals surface area contributed by atoms with Crippen LogP contribution in [0.2, 0.25) is 0 Å². The van der Waals surface area contributed by atoms with Crippen molar-refractivity contribution in [1.29, 1.82) is 0 Å². The Labute approximate surface area is 114 Å². The minimum atomic E-state index is -0.721. The highest BCUT2D eigenvalue weighted by atomic mass is 16.5. The Hall–Kier alpha value is -1.55. The number of carbonyl (C=O) groups excluding carboxylic acids is 1. The number of benzene rings is 1. The molecular weight excluding hydrogens is 242 g/mol. The fourth-order valence-electron chi connectivity index (χ4n) is 1.87. The van der Waals surface area contributed by atoms with Gasteiger partial charge in [-0.1, -0.05) is 43.7 Å². The molecule has 1 aromatic rings. The lowest BCUT2D eigenvalue weighted by atomic mass is 9.97. The van der Waals surface area contributed by atoms with Crippen LogP contribution in [0.15, 0.2) is 30.3 Å². The van der Waals surface area contributed by atoms with Gasteiger partial charge in [-0.2, -0.15) is 0 Å². The lowest BCUT2D eigenvalue weighted by Crippen LogP contribution is -2.33. The van der Waals surface area contributed by atoms with Crippen molar-refractivity contribution < 1.29 is 14.6 Å². The van der Waals surface area contributed by atoms with Gasteiger partial charge in [-0.05, 0) is 25.3 Å². The Morgan fingerprint density at radius 2 is 2.00 bits per heavy atom. The molecule has 0 aliphatic heterocycles. The number of carbonyl (C=O) groups is 1. The first-order chi connectivity index (χ1) is 9.03. The van der Waals surface area contributed by atoms with Crippen molar-refractivity contribution in [1.82, 2.24) is 5.32 Å². The van der Waals surface area contributed by atoms with Crippen LogP contribution in [0.4, 0.5) is 4.79 Å². The van der Waals surface area contributed by atoms with E-state index in [1.807, 2.05) is 37.3 Å². The van der Waals surface area contributed by atoms with E-state index in [1.165, 1.54) is 0 Å². The Balaban J connectivity index is 2.18. The molecule has 1 rings (SSSR count). The van der Waals surface area contributed by atoms with E-state index in [2.05, 4.69) is 5.32 Å². The van der Waals surface area contributed by atoms with Crippen LogP contribution >= 0.6 is 0 Å². The summed E-state index contributed by atoms with van der Waals surface area (Å²) in [4.78, 5) is 11.4. The predicted molar refractivity (Wildman–Crippen MR) is 74.8 cm³/mol. The van der Waals surface area contributed by atoms with Gasteiger partial charge in [0.25, 0.3) is 0 Å². The quantitative estimate of drug-likeness (QED) is 0.797. The van der Waals surface area contributed by atoms with Crippen molar-refractivity contribution in [2.24, 2.45) is 0 Å². The van der Waals surface area contributed by atoms with E-state index in [1.54, 1.807) is 6.92 Å². The summed E-state index contributed by atoms with van der Waals surface area (Å²) in [6, 6.07) is 9.52. The highest BCUT2D eigenvalue weighted by Crippen LogP contribution is 2.15. The van der Waals surface area contributed by atoms with Gasteiger partial charge in [-0.15, -0.1) is 0 Å². The first kappa shape index (κ1) is 15.5. The molecule has 1 atom stereocenters. The van der Waals surface area contributed by atoms with Gasteiger partial charge < -0.3 is 15.2 Å². The summed E-state index contributed by atoms with van der Waals surface area (Å²) in [5, 5.41) is 12.6. The number of amides is 1. The van der Waals surface area contributed by atoms with Crippen LogP contribution in [0.1, 0.15) is 38.7 Å². The second-order valence-corrected chi connectivity index (χ2v) is 4.99. The van der Waals surface area contributed by atoms with Crippen molar-refractivity contribution >= 4 is 6.09 Å². The molecule has 0 saturated heterocycles. The van der Waals surface area contributed by atoms with E-state index in [0.717, 1.165) is 18.4 Å². The molecule has 19 heavy (non-hydrogen) atoms. The van der Waals surface area contributed by atoms with Crippen molar-refractivity contribution in [2.45, 2.75) is 45.3 Å². The molecule has 0 spiro atoms. The van der Waals surface area contributed by atoms with Crippen LogP contribution in [0.3, 0.4) is 0 Å². The molecule has 1 aromatic carbocycles. The van der Waals surface area contributed by atoms with Gasteiger partial charge in [0.15, 0.2) is 0 Å². The minimum absolute atomic E-state index is 0.262. The zero-order valence-electron chi connectivity index (χ0n) is 11.7. The molecule has 0 radical (unpaired) electrons. The fraction of sp³-hybridized carbons (Fsp3) is 0.533. The van der Waals surface area contributed by atoms with E-state index in [4.69, 9.17) is 4.74 Å². The van der Waals surface area contributed by atoms with Gasteiger partial charge >= 0.3 is 6.09 Å². The molecule has 4 heteroatoms. The van der Waals surface area contributed by atoms with Crippen molar-refractivity contribution in [3.8, 4) is 0 Å². The lowest BCUT2D eigenvalue weighted by Gasteiger charge is -2.22. The summed E-state index contributed by atoms with van der Waals surface area (Å²) in [5.74, 6) is 0. The van der Waals surface area contributed by atoms with Gasteiger partial charge in [-0.3, -0.25) is 0 Å². The molecule has 2 N–H and O–H groups in total. The number of aliphatic hydroxyl groups is 1. The zero-order chi connectivity index (χ0) is 14.1. The SMILES string of the molecule is CCCC(C)(O)CCNC(=O)OCc1ccccc1. The molecule has 0 aliphatic rings. The van der Waals surface area contributed by atoms with Crippen LogP contribution in [0, 0.1) is 0 Å². The molecule has 0 saturated carbocycles. The topological polar surface area (TPSA) is 58.6 Å². The zero-order valence-corrected chi connectivity index (χ0v) is 11.7. The summed E-state index contributed by atoms with van der Waals surface area (Å²) < 4.78 is 5.07. The largest absolute Gasteiger partial charge is 0.445 e. The number of hydrogen-bond acceptors (Lipinski definition) is 3. The van der Waals surface area contributed by atoms with Gasteiger partial charge in [0, 0.05) is 6.54 Å². The van der Waals surface area contributed by atoms with Gasteiger partial charge in [-0.25, -0.2) is 4.79 Å². The van der Waals surface area contributed by atoms with Crippen LogP contribution in [-0.2, 0) is 11.3 Å². The molecule has 0 bridgehead atoms. The normalized spacial score (nSPS) is 13.6. The highest BCUT2D eigenvalue weighted by molar-refractivity contribution is 5.67. The average Bonchev–Trinajstić information content (AvgIpc) is 2.37. The third kappa shape index (κ3) is 6.82. The van der Waals surface area contributed by atoms with Gasteiger partial charge in [0.05, 0.1) is 5.60 Å². The number of rotatable bonds is 7. The van der Waals surface area contributed by atoms with E-state index in [-0.39, 0.29) is 6.61 Å². The van der Waals surface area contributed by atoms with E-state index in [9.17, 15) is 9.90 Å². The van der Waals surface area contributed by atoms with E-state index in [0.29, 0.717) is 13.0 Å². The smallest absolute Gasteiger partial charge is 0.407 e. The number of nitrogens with one attached hydrogen (secondary N) is 1. The Morgan fingerprint density at radius 1 is 1.32 bits per heavy atom. The molecular formula is C15H23NO3. The number of alkyl carbamates (subject to hydrolysis) is 1. The maximum absolute atomic E-state index is 11.4. The molecule has 1 unspecified atom stereocenters. The van der Waals surface area contributed by atoms with Gasteiger partial charge in [0.1, 0.15) is 6.61 Å². The molecule has 0 fully saturated rings. The lowest BCUT2D eigenvalue weighted by molar-refractivity contribution is 0.0411. The van der Waals surface area contributed by atoms with Crippen molar-refractivity contribution in [3.63, 3.8) is 0 Å². The standard InChI is InChI=1S/C15H23NO3/c1-3-9-15(2,18)10-11-16-14(17)19-12-13-7-5-4-6-8-13/h4-8,18H,3,9-12H2,1-2H3,(H,16,17). The maximum atomic E-state index is 11.4. The molecule has 1 amide bonds. The Kier molecular flexibility index (Phi) is 6.36. The monoisotopic (exact) mass is 265 g/mol. The van der Waals surface area contributed by atoms with Crippen LogP contribution in [0.25, 0.3) is 0 Å². The van der Waals surface area contributed by atoms with Crippen LogP contribution in [0.5, 0.6) is 0 Å². The van der Waals surface area contributed by atoms with Gasteiger partial charge in [0.2, 0.25) is 0 Å². The highest BCUT2D eigenvalue weighted by Gasteiger charge is 2.18. The summed E-state index contributed by atoms with van der Waals surface area (Å²) in [6.45, 7) is 4.49. The second kappa shape index (κ2) is 7.79. The first-order valence-corrected chi connectivity index (χ1v) is 6.70. The number of ether oxygens (including phenoxy) is 1. The fourth-order valence-corrected chi connectivity index (χ4v) is 1.87. The Morgan fingerprint density at radius 3 is 2.63 bits per heavy atom. The summed E-state index contributed by atoms with van der Waals surface area (Å²) in [6.07, 6.45) is 1.73. The summed E-state index contributed by atoms with van der Waals surface area (Å²) in [7, 11) is 0. The number of hydrogen-bond donors (Lipinski definition) is 2. The van der Waals surface area contributed by atoms with E-state index < -0.39 is 11.7 Å². The van der Waals surface area contributed by atoms with Crippen LogP contribution in [-0.4, -0.2) is 23.3 Å². The predicted octanol–water partition coefficient (Wildman–Crippen LogP) is 2.85. The Bertz CT molecular complexity index is 376. The van der Waals surface area contributed by atoms with E-state index >= 15 is 0 Å². The third-order valence-electron chi connectivity index (χ3n) is 2.93. The molecule has 4 nitrogen and oxygen atoms in total. The van der Waals surface area contributed by atoms with Crippen LogP contribution < -0.4 is 5.32 Å².